The molecule has 0 bridgehead atoms. The van der Waals surface area contributed by atoms with Gasteiger partial charge >= 0.3 is 0 Å². The molecule has 2 heterocycles. The van der Waals surface area contributed by atoms with Crippen molar-refractivity contribution in [2.24, 2.45) is 5.92 Å². The first kappa shape index (κ1) is 20.9. The minimum absolute atomic E-state index is 0.311. The van der Waals surface area contributed by atoms with Crippen LogP contribution in [0.5, 0.6) is 0 Å². The Morgan fingerprint density at radius 2 is 1.62 bits per heavy atom. The number of aryl methyl sites for hydroxylation is 1. The van der Waals surface area contributed by atoms with E-state index in [0.29, 0.717) is 17.9 Å². The Morgan fingerprint density at radius 3 is 2.28 bits per heavy atom. The minimum Gasteiger partial charge on any atom is -0.337 e. The van der Waals surface area contributed by atoms with Gasteiger partial charge < -0.3 is 9.80 Å². The molecule has 4 rings (SSSR count). The first-order valence-electron chi connectivity index (χ1n) is 12.1. The standard InChI is InChI=1S/C25H39N3O/c1-2-21-10-12-22(13-11-21)19-27-16-6-9-24(20-27)28(25(29)23-7-5-8-23)18-17-26-14-3-4-15-26/h10-13,23-24H,2-9,14-20H2,1H3. The fourth-order valence-electron chi connectivity index (χ4n) is 5.19. The summed E-state index contributed by atoms with van der Waals surface area (Å²) < 4.78 is 0. The molecule has 1 aromatic rings. The minimum atomic E-state index is 0.311. The van der Waals surface area contributed by atoms with Gasteiger partial charge in [-0.3, -0.25) is 9.69 Å². The van der Waals surface area contributed by atoms with Crippen molar-refractivity contribution in [3.63, 3.8) is 0 Å². The highest BCUT2D eigenvalue weighted by atomic mass is 16.2. The second-order valence-electron chi connectivity index (χ2n) is 9.41. The SMILES string of the molecule is CCc1ccc(CN2CCCC(N(CCN3CCCC3)C(=O)C3CCC3)C2)cc1. The van der Waals surface area contributed by atoms with Crippen molar-refractivity contribution in [3.05, 3.63) is 35.4 Å². The highest BCUT2D eigenvalue weighted by Crippen LogP contribution is 2.30. The molecule has 29 heavy (non-hydrogen) atoms. The number of nitrogens with zero attached hydrogens (tertiary/aromatic N) is 3. The lowest BCUT2D eigenvalue weighted by molar-refractivity contribution is -0.142. The Balaban J connectivity index is 1.37. The molecular weight excluding hydrogens is 358 g/mol. The van der Waals surface area contributed by atoms with Crippen molar-refractivity contribution in [3.8, 4) is 0 Å². The molecule has 1 atom stereocenters. The Morgan fingerprint density at radius 1 is 0.931 bits per heavy atom. The second-order valence-corrected chi connectivity index (χ2v) is 9.41. The number of carbonyl (C=O) groups excluding carboxylic acids is 1. The zero-order valence-corrected chi connectivity index (χ0v) is 18.3. The van der Waals surface area contributed by atoms with Crippen LogP contribution in [0.3, 0.4) is 0 Å². The topological polar surface area (TPSA) is 26.8 Å². The van der Waals surface area contributed by atoms with E-state index in [0.717, 1.165) is 52.0 Å². The fraction of sp³-hybridized carbons (Fsp3) is 0.720. The summed E-state index contributed by atoms with van der Waals surface area (Å²) in [5.41, 5.74) is 2.81. The highest BCUT2D eigenvalue weighted by Gasteiger charge is 2.35. The summed E-state index contributed by atoms with van der Waals surface area (Å²) in [4.78, 5) is 20.7. The van der Waals surface area contributed by atoms with E-state index in [2.05, 4.69) is 45.9 Å². The third-order valence-electron chi connectivity index (χ3n) is 7.35. The molecule has 1 aliphatic carbocycles. The molecule has 4 nitrogen and oxygen atoms in total. The van der Waals surface area contributed by atoms with Gasteiger partial charge in [0.2, 0.25) is 5.91 Å². The summed E-state index contributed by atoms with van der Waals surface area (Å²) in [5, 5.41) is 0. The molecule has 1 amide bonds. The summed E-state index contributed by atoms with van der Waals surface area (Å²) in [6.07, 6.45) is 9.58. The molecule has 4 heteroatoms. The summed E-state index contributed by atoms with van der Waals surface area (Å²) >= 11 is 0. The maximum Gasteiger partial charge on any atom is 0.226 e. The van der Waals surface area contributed by atoms with Gasteiger partial charge in [0.25, 0.3) is 0 Å². The fourth-order valence-corrected chi connectivity index (χ4v) is 5.19. The van der Waals surface area contributed by atoms with E-state index in [-0.39, 0.29) is 0 Å². The van der Waals surface area contributed by atoms with Gasteiger partial charge in [0.05, 0.1) is 0 Å². The number of hydrogen-bond donors (Lipinski definition) is 0. The highest BCUT2D eigenvalue weighted by molar-refractivity contribution is 5.80. The molecule has 0 aromatic heterocycles. The van der Waals surface area contributed by atoms with Crippen LogP contribution in [0.2, 0.25) is 0 Å². The van der Waals surface area contributed by atoms with E-state index in [1.165, 1.54) is 56.3 Å². The Hall–Kier alpha value is -1.39. The van der Waals surface area contributed by atoms with Crippen LogP contribution >= 0.6 is 0 Å². The van der Waals surface area contributed by atoms with Gasteiger partial charge in [-0.2, -0.15) is 0 Å². The lowest BCUT2D eigenvalue weighted by atomic mass is 9.83. The summed E-state index contributed by atoms with van der Waals surface area (Å²) in [6, 6.07) is 9.49. The third kappa shape index (κ3) is 5.40. The van der Waals surface area contributed by atoms with Crippen LogP contribution in [0.1, 0.15) is 63.0 Å². The van der Waals surface area contributed by atoms with E-state index in [9.17, 15) is 4.79 Å². The third-order valence-corrected chi connectivity index (χ3v) is 7.35. The quantitative estimate of drug-likeness (QED) is 0.665. The Labute approximate surface area is 177 Å². The molecular formula is C25H39N3O. The van der Waals surface area contributed by atoms with Crippen LogP contribution in [0.15, 0.2) is 24.3 Å². The molecule has 1 aromatic carbocycles. The van der Waals surface area contributed by atoms with E-state index >= 15 is 0 Å². The van der Waals surface area contributed by atoms with Crippen LogP contribution in [0.25, 0.3) is 0 Å². The summed E-state index contributed by atoms with van der Waals surface area (Å²) in [6.45, 7) is 9.84. The van der Waals surface area contributed by atoms with Crippen LogP contribution in [0.4, 0.5) is 0 Å². The average molecular weight is 398 g/mol. The molecule has 0 N–H and O–H groups in total. The predicted molar refractivity (Wildman–Crippen MR) is 119 cm³/mol. The molecule has 160 valence electrons. The van der Waals surface area contributed by atoms with E-state index < -0.39 is 0 Å². The number of benzene rings is 1. The average Bonchev–Trinajstić information content (AvgIpc) is 3.21. The largest absolute Gasteiger partial charge is 0.337 e. The molecule has 3 aliphatic rings. The van der Waals surface area contributed by atoms with Crippen molar-refractivity contribution in [2.45, 2.75) is 70.9 Å². The van der Waals surface area contributed by atoms with Crippen LogP contribution < -0.4 is 0 Å². The molecule has 0 radical (unpaired) electrons. The van der Waals surface area contributed by atoms with Gasteiger partial charge in [-0.05, 0) is 75.7 Å². The van der Waals surface area contributed by atoms with Crippen LogP contribution in [-0.4, -0.2) is 65.9 Å². The van der Waals surface area contributed by atoms with E-state index in [4.69, 9.17) is 0 Å². The summed E-state index contributed by atoms with van der Waals surface area (Å²) in [5.74, 6) is 0.764. The van der Waals surface area contributed by atoms with Crippen molar-refractivity contribution in [1.82, 2.24) is 14.7 Å². The lowest BCUT2D eigenvalue weighted by Crippen LogP contribution is -2.54. The van der Waals surface area contributed by atoms with E-state index in [1.54, 1.807) is 0 Å². The molecule has 0 spiro atoms. The predicted octanol–water partition coefficient (Wildman–Crippen LogP) is 3.94. The van der Waals surface area contributed by atoms with Gasteiger partial charge in [0.1, 0.15) is 0 Å². The van der Waals surface area contributed by atoms with Crippen molar-refractivity contribution >= 4 is 5.91 Å². The zero-order valence-electron chi connectivity index (χ0n) is 18.3. The molecule has 1 saturated carbocycles. The first-order chi connectivity index (χ1) is 14.2. The van der Waals surface area contributed by atoms with Crippen molar-refractivity contribution in [1.29, 1.82) is 0 Å². The van der Waals surface area contributed by atoms with Crippen LogP contribution in [0, 0.1) is 5.92 Å². The molecule has 2 saturated heterocycles. The second kappa shape index (κ2) is 10.1. The van der Waals surface area contributed by atoms with Gasteiger partial charge in [-0.15, -0.1) is 0 Å². The van der Waals surface area contributed by atoms with E-state index in [1.807, 2.05) is 0 Å². The number of likely N-dealkylation sites (tertiary alicyclic amines) is 2. The van der Waals surface area contributed by atoms with Gasteiger partial charge in [0.15, 0.2) is 0 Å². The van der Waals surface area contributed by atoms with Crippen molar-refractivity contribution in [2.75, 3.05) is 39.3 Å². The summed E-state index contributed by atoms with van der Waals surface area (Å²) in [7, 11) is 0. The number of carbonyl (C=O) groups is 1. The maximum atomic E-state index is 13.3. The number of rotatable bonds is 8. The van der Waals surface area contributed by atoms with Gasteiger partial charge in [-0.1, -0.05) is 37.6 Å². The molecule has 3 fully saturated rings. The van der Waals surface area contributed by atoms with Crippen LogP contribution in [-0.2, 0) is 17.8 Å². The zero-order chi connectivity index (χ0) is 20.1. The van der Waals surface area contributed by atoms with Gasteiger partial charge in [-0.25, -0.2) is 0 Å². The number of amides is 1. The lowest BCUT2D eigenvalue weighted by Gasteiger charge is -2.42. The molecule has 2 aliphatic heterocycles. The van der Waals surface area contributed by atoms with Crippen molar-refractivity contribution < 1.29 is 4.79 Å². The number of hydrogen-bond acceptors (Lipinski definition) is 3. The maximum absolute atomic E-state index is 13.3. The Bertz CT molecular complexity index is 649. The monoisotopic (exact) mass is 397 g/mol. The Kier molecular flexibility index (Phi) is 7.25. The molecule has 1 unspecified atom stereocenters. The smallest absolute Gasteiger partial charge is 0.226 e. The normalized spacial score (nSPS) is 23.8. The first-order valence-corrected chi connectivity index (χ1v) is 12.1. The number of piperidine rings is 1. The van der Waals surface area contributed by atoms with Gasteiger partial charge in [0, 0.05) is 38.1 Å².